The molecular weight excluding hydrogens is 232 g/mol. The quantitative estimate of drug-likeness (QED) is 0.579. The minimum atomic E-state index is -1.46. The molecule has 0 aromatic rings. The van der Waals surface area contributed by atoms with Gasteiger partial charge in [-0.1, -0.05) is 47.0 Å². The molecule has 108 valence electrons. The van der Waals surface area contributed by atoms with Gasteiger partial charge < -0.3 is 20.4 Å². The Balaban J connectivity index is 3.27. The first kappa shape index (κ1) is 15.9. The minimum absolute atomic E-state index is 0.486. The third kappa shape index (κ3) is 2.20. The van der Waals surface area contributed by atoms with E-state index in [9.17, 15) is 20.4 Å². The Bertz CT molecular complexity index is 254. The van der Waals surface area contributed by atoms with Crippen LogP contribution in [0.5, 0.6) is 0 Å². The zero-order valence-electron chi connectivity index (χ0n) is 12.0. The fourth-order valence-corrected chi connectivity index (χ4v) is 3.77. The van der Waals surface area contributed by atoms with Crippen molar-refractivity contribution in [3.63, 3.8) is 0 Å². The molecule has 18 heavy (non-hydrogen) atoms. The predicted octanol–water partition coefficient (Wildman–Crippen LogP) is 1.61. The molecule has 0 aromatic heterocycles. The van der Waals surface area contributed by atoms with E-state index >= 15 is 0 Å². The van der Waals surface area contributed by atoms with Crippen LogP contribution in [0.2, 0.25) is 0 Å². The molecule has 0 spiro atoms. The van der Waals surface area contributed by atoms with Crippen LogP contribution >= 0.6 is 0 Å². The highest BCUT2D eigenvalue weighted by Crippen LogP contribution is 2.61. The summed E-state index contributed by atoms with van der Waals surface area (Å²) in [5.74, 6) is 0. The molecule has 4 heteroatoms. The summed E-state index contributed by atoms with van der Waals surface area (Å²) in [6, 6.07) is 0. The van der Waals surface area contributed by atoms with Gasteiger partial charge >= 0.3 is 0 Å². The molecule has 0 heterocycles. The highest BCUT2D eigenvalue weighted by atomic mass is 16.5. The first-order valence-electron chi connectivity index (χ1n) is 6.82. The fourth-order valence-electron chi connectivity index (χ4n) is 3.77. The monoisotopic (exact) mass is 260 g/mol. The molecule has 1 saturated carbocycles. The van der Waals surface area contributed by atoms with Gasteiger partial charge in [-0.3, -0.25) is 0 Å². The first-order valence-corrected chi connectivity index (χ1v) is 6.82. The van der Waals surface area contributed by atoms with Crippen molar-refractivity contribution in [2.45, 2.75) is 72.4 Å². The summed E-state index contributed by atoms with van der Waals surface area (Å²) in [5, 5.41) is 38.9. The Labute approximate surface area is 110 Å². The molecule has 4 N–H and O–H groups in total. The third-order valence-corrected chi connectivity index (χ3v) is 5.46. The van der Waals surface area contributed by atoms with Crippen molar-refractivity contribution in [3.05, 3.63) is 0 Å². The fraction of sp³-hybridized carbons (Fsp3) is 1.00. The van der Waals surface area contributed by atoms with E-state index in [1.807, 2.05) is 27.7 Å². The van der Waals surface area contributed by atoms with Crippen molar-refractivity contribution in [2.24, 2.45) is 16.2 Å². The van der Waals surface area contributed by atoms with E-state index in [0.29, 0.717) is 0 Å². The molecule has 0 saturated heterocycles. The van der Waals surface area contributed by atoms with Crippen molar-refractivity contribution in [3.8, 4) is 0 Å². The topological polar surface area (TPSA) is 80.9 Å². The van der Waals surface area contributed by atoms with Gasteiger partial charge in [0.05, 0.1) is 0 Å². The molecule has 0 aliphatic heterocycles. The summed E-state index contributed by atoms with van der Waals surface area (Å²) in [4.78, 5) is 0. The number of aliphatic hydroxyl groups is 4. The van der Waals surface area contributed by atoms with Crippen LogP contribution in [-0.4, -0.2) is 33.0 Å². The van der Waals surface area contributed by atoms with Crippen LogP contribution in [0, 0.1) is 16.2 Å². The lowest BCUT2D eigenvalue weighted by molar-refractivity contribution is -0.260. The lowest BCUT2D eigenvalue weighted by Gasteiger charge is -2.59. The Morgan fingerprint density at radius 3 is 1.33 bits per heavy atom. The van der Waals surface area contributed by atoms with Gasteiger partial charge in [-0.15, -0.1) is 0 Å². The Morgan fingerprint density at radius 2 is 1.06 bits per heavy atom. The van der Waals surface area contributed by atoms with Crippen molar-refractivity contribution in [1.82, 2.24) is 0 Å². The number of hydrogen-bond acceptors (Lipinski definition) is 4. The van der Waals surface area contributed by atoms with Gasteiger partial charge in [0.2, 0.25) is 0 Å². The maximum absolute atomic E-state index is 9.74. The highest BCUT2D eigenvalue weighted by molar-refractivity contribution is 5.04. The average Bonchev–Trinajstić information content (AvgIpc) is 2.29. The van der Waals surface area contributed by atoms with Crippen molar-refractivity contribution in [1.29, 1.82) is 0 Å². The van der Waals surface area contributed by atoms with Gasteiger partial charge in [0.1, 0.15) is 0 Å². The van der Waals surface area contributed by atoms with Gasteiger partial charge in [-0.2, -0.15) is 0 Å². The lowest BCUT2D eigenvalue weighted by Crippen LogP contribution is -2.58. The highest BCUT2D eigenvalue weighted by Gasteiger charge is 2.59. The summed E-state index contributed by atoms with van der Waals surface area (Å²) < 4.78 is 0. The molecule has 4 nitrogen and oxygen atoms in total. The van der Waals surface area contributed by atoms with Crippen LogP contribution in [0.15, 0.2) is 0 Å². The normalized spacial score (nSPS) is 21.7. The molecular formula is C14H28O4. The van der Waals surface area contributed by atoms with E-state index in [0.717, 1.165) is 32.1 Å². The third-order valence-electron chi connectivity index (χ3n) is 5.46. The standard InChI is InChI=1S/C14H28O4/c1-12(2,10(15)16)14(8-6-5-7-9-14)13(3,4)11(17)18/h10-11,15-18H,5-9H2,1-4H3. The van der Waals surface area contributed by atoms with E-state index in [1.165, 1.54) is 0 Å². The first-order chi connectivity index (χ1) is 8.09. The predicted molar refractivity (Wildman–Crippen MR) is 69.5 cm³/mol. The lowest BCUT2D eigenvalue weighted by atomic mass is 9.47. The Hall–Kier alpha value is -0.160. The van der Waals surface area contributed by atoms with E-state index < -0.39 is 28.8 Å². The minimum Gasteiger partial charge on any atom is -0.368 e. The molecule has 0 radical (unpaired) electrons. The molecule has 1 fully saturated rings. The molecule has 0 amide bonds. The molecule has 0 bridgehead atoms. The Kier molecular flexibility index (Phi) is 4.49. The number of aliphatic hydroxyl groups excluding tert-OH is 2. The van der Waals surface area contributed by atoms with Gasteiger partial charge in [0, 0.05) is 10.8 Å². The molecule has 1 rings (SSSR count). The number of rotatable bonds is 4. The van der Waals surface area contributed by atoms with Crippen LogP contribution in [0.1, 0.15) is 59.8 Å². The van der Waals surface area contributed by atoms with Crippen LogP contribution in [0.3, 0.4) is 0 Å². The SMILES string of the molecule is CC(C)(C(O)O)C1(C(C)(C)C(O)O)CCCCC1. The van der Waals surface area contributed by atoms with E-state index in [1.54, 1.807) is 0 Å². The number of hydrogen-bond donors (Lipinski definition) is 4. The summed E-state index contributed by atoms with van der Waals surface area (Å²) in [7, 11) is 0. The van der Waals surface area contributed by atoms with E-state index in [2.05, 4.69) is 0 Å². The second-order valence-electron chi connectivity index (χ2n) is 6.83. The summed E-state index contributed by atoms with van der Waals surface area (Å²) in [5.41, 5.74) is -2.04. The molecule has 1 aliphatic rings. The maximum Gasteiger partial charge on any atom is 0.157 e. The second-order valence-corrected chi connectivity index (χ2v) is 6.83. The largest absolute Gasteiger partial charge is 0.368 e. The zero-order chi connectivity index (χ0) is 14.2. The smallest absolute Gasteiger partial charge is 0.157 e. The average molecular weight is 260 g/mol. The van der Waals surface area contributed by atoms with Crippen molar-refractivity contribution < 1.29 is 20.4 Å². The van der Waals surface area contributed by atoms with Crippen molar-refractivity contribution >= 4 is 0 Å². The Morgan fingerprint density at radius 1 is 0.722 bits per heavy atom. The van der Waals surface area contributed by atoms with Crippen LogP contribution in [-0.2, 0) is 0 Å². The van der Waals surface area contributed by atoms with E-state index in [-0.39, 0.29) is 0 Å². The summed E-state index contributed by atoms with van der Waals surface area (Å²) in [6.07, 6.45) is 1.77. The molecule has 0 atom stereocenters. The van der Waals surface area contributed by atoms with Crippen LogP contribution < -0.4 is 0 Å². The zero-order valence-corrected chi connectivity index (χ0v) is 12.0. The van der Waals surface area contributed by atoms with Gasteiger partial charge in [0.15, 0.2) is 12.6 Å². The van der Waals surface area contributed by atoms with Crippen LogP contribution in [0.4, 0.5) is 0 Å². The van der Waals surface area contributed by atoms with E-state index in [4.69, 9.17) is 0 Å². The second kappa shape index (κ2) is 5.08. The molecule has 0 aromatic carbocycles. The van der Waals surface area contributed by atoms with Gasteiger partial charge in [-0.05, 0) is 18.3 Å². The maximum atomic E-state index is 9.74. The van der Waals surface area contributed by atoms with Gasteiger partial charge in [0.25, 0.3) is 0 Å². The van der Waals surface area contributed by atoms with Crippen LogP contribution in [0.25, 0.3) is 0 Å². The molecule has 1 aliphatic carbocycles. The molecule has 0 unspecified atom stereocenters. The van der Waals surface area contributed by atoms with Crippen molar-refractivity contribution in [2.75, 3.05) is 0 Å². The summed E-state index contributed by atoms with van der Waals surface area (Å²) in [6.45, 7) is 7.25. The summed E-state index contributed by atoms with van der Waals surface area (Å²) >= 11 is 0. The van der Waals surface area contributed by atoms with Gasteiger partial charge in [-0.25, -0.2) is 0 Å².